The van der Waals surface area contributed by atoms with Gasteiger partial charge in [0.05, 0.1) is 6.54 Å². The summed E-state index contributed by atoms with van der Waals surface area (Å²) < 4.78 is 1.04. The first-order chi connectivity index (χ1) is 14.4. The predicted octanol–water partition coefficient (Wildman–Crippen LogP) is 4.40. The number of hydrogen-bond acceptors (Lipinski definition) is 6. The number of allylic oxidation sites excluding steroid dienone is 3. The number of thiophene rings is 1. The lowest BCUT2D eigenvalue weighted by molar-refractivity contribution is -0.118. The van der Waals surface area contributed by atoms with Gasteiger partial charge in [-0.05, 0) is 68.5 Å². The van der Waals surface area contributed by atoms with Gasteiger partial charge in [0.1, 0.15) is 11.5 Å². The molecule has 1 fully saturated rings. The minimum atomic E-state index is 0.200. The lowest BCUT2D eigenvalue weighted by atomic mass is 10.0. The number of likely N-dealkylation sites (tertiary alicyclic amines) is 1. The molecule has 1 aliphatic heterocycles. The highest BCUT2D eigenvalue weighted by Gasteiger charge is 2.21. The minimum absolute atomic E-state index is 0.200. The van der Waals surface area contributed by atoms with E-state index in [0.717, 1.165) is 47.3 Å². The zero-order chi connectivity index (χ0) is 21.7. The van der Waals surface area contributed by atoms with E-state index >= 15 is 0 Å². The van der Waals surface area contributed by atoms with Crippen molar-refractivity contribution in [2.45, 2.75) is 39.2 Å². The molecule has 1 aliphatic rings. The molecular weight excluding hydrogens is 394 g/mol. The maximum absolute atomic E-state index is 11.5. The third-order valence-corrected chi connectivity index (χ3v) is 6.30. The van der Waals surface area contributed by atoms with E-state index in [1.54, 1.807) is 18.3 Å². The van der Waals surface area contributed by atoms with Crippen LogP contribution >= 0.6 is 11.3 Å². The quantitative estimate of drug-likeness (QED) is 0.432. The van der Waals surface area contributed by atoms with Crippen LogP contribution in [-0.4, -0.2) is 41.5 Å². The molecule has 160 valence electrons. The summed E-state index contributed by atoms with van der Waals surface area (Å²) in [7, 11) is 0. The molecule has 0 spiro atoms. The second-order valence-corrected chi connectivity index (χ2v) is 8.92. The average molecular weight is 426 g/mol. The Balaban J connectivity index is 1.81. The second-order valence-electron chi connectivity index (χ2n) is 7.97. The van der Waals surface area contributed by atoms with Crippen molar-refractivity contribution in [1.29, 1.82) is 0 Å². The molecule has 0 amide bonds. The van der Waals surface area contributed by atoms with Gasteiger partial charge in [-0.25, -0.2) is 0 Å². The van der Waals surface area contributed by atoms with E-state index in [-0.39, 0.29) is 17.6 Å². The Hall–Kier alpha value is -2.57. The number of aromatic hydroxyl groups is 1. The molecule has 0 unspecified atom stereocenters. The van der Waals surface area contributed by atoms with E-state index in [9.17, 15) is 9.90 Å². The molecule has 5 nitrogen and oxygen atoms in total. The van der Waals surface area contributed by atoms with Crippen molar-refractivity contribution < 1.29 is 9.90 Å². The Kier molecular flexibility index (Phi) is 7.34. The van der Waals surface area contributed by atoms with Crippen molar-refractivity contribution in [2.24, 2.45) is 5.73 Å². The summed E-state index contributed by atoms with van der Waals surface area (Å²) in [5.74, 6) is 0.427. The summed E-state index contributed by atoms with van der Waals surface area (Å²) in [5, 5.41) is 17.1. The van der Waals surface area contributed by atoms with Gasteiger partial charge in [-0.15, -0.1) is 17.9 Å². The highest BCUT2D eigenvalue weighted by Crippen LogP contribution is 2.35. The number of phenolic OH excluding ortho intramolecular Hbond substituents is 1. The Labute approximate surface area is 182 Å². The van der Waals surface area contributed by atoms with Crippen LogP contribution < -0.4 is 11.1 Å². The average Bonchev–Trinajstić information content (AvgIpc) is 3.17. The fourth-order valence-electron chi connectivity index (χ4n) is 4.01. The Morgan fingerprint density at radius 3 is 2.93 bits per heavy atom. The van der Waals surface area contributed by atoms with Crippen LogP contribution in [0.4, 0.5) is 0 Å². The van der Waals surface area contributed by atoms with E-state index < -0.39 is 0 Å². The second kappa shape index (κ2) is 9.96. The maximum Gasteiger partial charge on any atom is 0.143 e. The van der Waals surface area contributed by atoms with Crippen molar-refractivity contribution in [2.75, 3.05) is 19.6 Å². The molecule has 0 radical (unpaired) electrons. The fraction of sp³-hybridized carbons (Fsp3) is 0.375. The smallest absolute Gasteiger partial charge is 0.143 e. The highest BCUT2D eigenvalue weighted by atomic mass is 32.1. The largest absolute Gasteiger partial charge is 0.507 e. The van der Waals surface area contributed by atoms with Crippen LogP contribution in [0.5, 0.6) is 5.75 Å². The van der Waals surface area contributed by atoms with Crippen molar-refractivity contribution in [3.63, 3.8) is 0 Å². The Morgan fingerprint density at radius 2 is 2.20 bits per heavy atom. The predicted molar refractivity (Wildman–Crippen MR) is 126 cm³/mol. The van der Waals surface area contributed by atoms with Gasteiger partial charge in [0.25, 0.3) is 0 Å². The summed E-state index contributed by atoms with van der Waals surface area (Å²) in [6.07, 6.45) is 6.74. The van der Waals surface area contributed by atoms with Crippen molar-refractivity contribution in [3.8, 4) is 5.75 Å². The molecule has 0 saturated carbocycles. The van der Waals surface area contributed by atoms with Crippen LogP contribution in [0.1, 0.15) is 38.7 Å². The third-order valence-electron chi connectivity index (χ3n) is 5.42. The number of rotatable bonds is 8. The first-order valence-corrected chi connectivity index (χ1v) is 11.2. The molecule has 1 aromatic carbocycles. The van der Waals surface area contributed by atoms with Crippen LogP contribution in [0.25, 0.3) is 15.8 Å². The van der Waals surface area contributed by atoms with Crippen LogP contribution in [0, 0.1) is 0 Å². The molecule has 0 aliphatic carbocycles. The summed E-state index contributed by atoms with van der Waals surface area (Å²) >= 11 is 1.60. The normalized spacial score (nSPS) is 18.9. The molecule has 2 heterocycles. The van der Waals surface area contributed by atoms with E-state index in [1.165, 1.54) is 0 Å². The summed E-state index contributed by atoms with van der Waals surface area (Å²) in [5.41, 5.74) is 9.57. The number of fused-ring (bicyclic) bond motifs is 1. The molecule has 3 rings (SSSR count). The monoisotopic (exact) mass is 425 g/mol. The van der Waals surface area contributed by atoms with E-state index in [0.29, 0.717) is 24.2 Å². The summed E-state index contributed by atoms with van der Waals surface area (Å²) in [6.45, 7) is 9.80. The third kappa shape index (κ3) is 5.32. The van der Waals surface area contributed by atoms with Crippen molar-refractivity contribution in [1.82, 2.24) is 10.2 Å². The number of ketones is 1. The number of Topliss-reactive ketones (excluding diaryl/α,β-unsaturated/α-hetero) is 1. The molecule has 0 bridgehead atoms. The van der Waals surface area contributed by atoms with E-state index in [2.05, 4.69) is 16.8 Å². The molecule has 6 heteroatoms. The van der Waals surface area contributed by atoms with Gasteiger partial charge >= 0.3 is 0 Å². The van der Waals surface area contributed by atoms with Crippen molar-refractivity contribution in [3.05, 3.63) is 59.1 Å². The van der Waals surface area contributed by atoms with Crippen LogP contribution in [-0.2, 0) is 4.79 Å². The standard InChI is InChI=1S/C24H31N3O2S/c1-4-6-18(26-19-7-5-11-27(15-19)14-17(3)28)13-16(2)23(25)21-8-9-22-20(24(21)29)10-12-30-22/h4,8-10,12-13,19,26,29H,1,5-7,11,14-15,25H2,2-3H3/b18-13+,23-16-/t19-/m1/s1. The molecule has 2 aromatic rings. The lowest BCUT2D eigenvalue weighted by Gasteiger charge is -2.33. The molecule has 30 heavy (non-hydrogen) atoms. The number of carbonyl (C=O) groups excluding carboxylic acids is 1. The Bertz CT molecular complexity index is 989. The number of piperidine rings is 1. The van der Waals surface area contributed by atoms with Gasteiger partial charge in [-0.1, -0.05) is 6.08 Å². The van der Waals surface area contributed by atoms with E-state index in [4.69, 9.17) is 5.73 Å². The Morgan fingerprint density at radius 1 is 1.40 bits per heavy atom. The number of benzene rings is 1. The van der Waals surface area contributed by atoms with Gasteiger partial charge in [-0.3, -0.25) is 9.69 Å². The van der Waals surface area contributed by atoms with Gasteiger partial charge in [0.2, 0.25) is 0 Å². The molecule has 1 atom stereocenters. The van der Waals surface area contributed by atoms with Gasteiger partial charge in [0.15, 0.2) is 0 Å². The number of phenols is 1. The number of nitrogens with zero attached hydrogens (tertiary/aromatic N) is 1. The van der Waals surface area contributed by atoms with E-state index in [1.807, 2.05) is 42.7 Å². The topological polar surface area (TPSA) is 78.6 Å². The van der Waals surface area contributed by atoms with Gasteiger partial charge in [0, 0.05) is 46.1 Å². The number of nitrogens with one attached hydrogen (secondary N) is 1. The minimum Gasteiger partial charge on any atom is -0.507 e. The number of carbonyl (C=O) groups is 1. The molecule has 1 saturated heterocycles. The molecular formula is C24H31N3O2S. The van der Waals surface area contributed by atoms with Crippen molar-refractivity contribution >= 4 is 32.9 Å². The van der Waals surface area contributed by atoms with Crippen LogP contribution in [0.3, 0.4) is 0 Å². The fourth-order valence-corrected chi connectivity index (χ4v) is 4.80. The van der Waals surface area contributed by atoms with Gasteiger partial charge < -0.3 is 16.2 Å². The molecule has 1 aromatic heterocycles. The number of hydrogen-bond donors (Lipinski definition) is 3. The highest BCUT2D eigenvalue weighted by molar-refractivity contribution is 7.17. The van der Waals surface area contributed by atoms with Crippen LogP contribution in [0.2, 0.25) is 0 Å². The summed E-state index contributed by atoms with van der Waals surface area (Å²) in [6, 6.07) is 6.07. The number of nitrogens with two attached hydrogens (primary N) is 1. The SMILES string of the molecule is C=CC/C(=C\C(C)=C(/N)c1ccc2sccc2c1O)N[C@@H]1CCCN(CC(C)=O)C1. The molecule has 4 N–H and O–H groups in total. The first kappa shape index (κ1) is 22.1. The van der Waals surface area contributed by atoms with Crippen LogP contribution in [0.15, 0.2) is 53.6 Å². The maximum atomic E-state index is 11.5. The zero-order valence-corrected chi connectivity index (χ0v) is 18.6. The van der Waals surface area contributed by atoms with Gasteiger partial charge in [-0.2, -0.15) is 0 Å². The zero-order valence-electron chi connectivity index (χ0n) is 17.8. The lowest BCUT2D eigenvalue weighted by Crippen LogP contribution is -2.46. The first-order valence-electron chi connectivity index (χ1n) is 10.3. The summed E-state index contributed by atoms with van der Waals surface area (Å²) in [4.78, 5) is 13.7.